The molecule has 1 fully saturated rings. The topological polar surface area (TPSA) is 53.4 Å². The van der Waals surface area contributed by atoms with Crippen LogP contribution in [-0.4, -0.2) is 37.5 Å². The van der Waals surface area contributed by atoms with Crippen LogP contribution in [0.25, 0.3) is 11.3 Å². The summed E-state index contributed by atoms with van der Waals surface area (Å²) in [6.45, 7) is 6.81. The van der Waals surface area contributed by atoms with Gasteiger partial charge in [0.2, 0.25) is 0 Å². The van der Waals surface area contributed by atoms with Gasteiger partial charge in [0.1, 0.15) is 0 Å². The quantitative estimate of drug-likeness (QED) is 0.434. The van der Waals surface area contributed by atoms with Crippen LogP contribution >= 0.6 is 0 Å². The Morgan fingerprint density at radius 1 is 1.15 bits per heavy atom. The number of aliphatic hydroxyl groups is 2. The van der Waals surface area contributed by atoms with Crippen LogP contribution in [0.4, 0.5) is 0 Å². The first-order chi connectivity index (χ1) is 13.3. The van der Waals surface area contributed by atoms with Gasteiger partial charge in [0, 0.05) is 43.3 Å². The molecule has 153 valence electrons. The monoisotopic (exact) mass is 567 g/mol. The van der Waals surface area contributed by atoms with Gasteiger partial charge in [-0.2, -0.15) is 0 Å². The van der Waals surface area contributed by atoms with E-state index in [0.717, 1.165) is 61.9 Å². The summed E-state index contributed by atoms with van der Waals surface area (Å²) >= 11 is 0. The predicted molar refractivity (Wildman–Crippen MR) is 113 cm³/mol. The van der Waals surface area contributed by atoms with E-state index in [2.05, 4.69) is 30.7 Å². The molecule has 3 rings (SSSR count). The molecule has 0 spiro atoms. The van der Waals surface area contributed by atoms with Crippen LogP contribution in [0.1, 0.15) is 34.0 Å². The van der Waals surface area contributed by atoms with Crippen molar-refractivity contribution in [2.45, 2.75) is 51.7 Å². The number of hydrogen-bond acceptors (Lipinski definition) is 3. The molecule has 1 radical (unpaired) electrons. The maximum Gasteiger partial charge on any atom is 0.0798 e. The van der Waals surface area contributed by atoms with Crippen molar-refractivity contribution >= 4 is 13.3 Å². The summed E-state index contributed by atoms with van der Waals surface area (Å²) in [4.78, 5) is 4.65. The standard InChI is InChI=1S/C20H26NSi.2CH4O.Ir/c1-22(2,3)20-15-21-19(17-11-5-4-6-12-17)14-18(20)13-16-9-7-8-10-16;2*1-2;/h4-6,11,14-16H,7-10,13H2,1-3H3;2*2H,1H3;/q-1;;;/i13D2;;;. The molecular formula is C22H34IrNO2Si-. The van der Waals surface area contributed by atoms with Crippen molar-refractivity contribution in [3.8, 4) is 11.3 Å². The summed E-state index contributed by atoms with van der Waals surface area (Å²) in [6.07, 6.45) is 4.94. The molecule has 0 saturated heterocycles. The number of aliphatic hydroxyl groups excluding tert-OH is 2. The molecule has 1 aliphatic rings. The fourth-order valence-electron chi connectivity index (χ4n) is 3.16. The number of pyridine rings is 1. The van der Waals surface area contributed by atoms with Gasteiger partial charge in [-0.05, 0) is 23.2 Å². The van der Waals surface area contributed by atoms with Crippen molar-refractivity contribution in [1.82, 2.24) is 4.98 Å². The van der Waals surface area contributed by atoms with Crippen LogP contribution in [0, 0.1) is 12.0 Å². The Kier molecular flexibility index (Phi) is 11.1. The second-order valence-corrected chi connectivity index (χ2v) is 12.3. The van der Waals surface area contributed by atoms with E-state index in [4.69, 9.17) is 13.0 Å². The van der Waals surface area contributed by atoms with Crippen molar-refractivity contribution in [3.63, 3.8) is 0 Å². The van der Waals surface area contributed by atoms with Crippen molar-refractivity contribution in [3.05, 3.63) is 48.2 Å². The van der Waals surface area contributed by atoms with Crippen molar-refractivity contribution < 1.29 is 33.1 Å². The summed E-state index contributed by atoms with van der Waals surface area (Å²) in [7, 11) is 0.325. The zero-order chi connectivity index (χ0) is 21.4. The maximum atomic E-state index is 8.90. The second-order valence-electron chi connectivity index (χ2n) is 7.27. The van der Waals surface area contributed by atoms with Crippen LogP contribution in [0.2, 0.25) is 19.6 Å². The Labute approximate surface area is 182 Å². The van der Waals surface area contributed by atoms with E-state index < -0.39 is 14.4 Å². The molecule has 3 nitrogen and oxygen atoms in total. The SMILES string of the molecule is CO.CO.[2H]C([2H])(c1cc(-c2[c-]cccc2)ncc1[Si](C)(C)C)C1CCCC1.[Ir]. The molecule has 1 heterocycles. The molecule has 0 bridgehead atoms. The molecule has 0 aliphatic heterocycles. The summed E-state index contributed by atoms with van der Waals surface area (Å²) in [5.74, 6) is 0.127. The predicted octanol–water partition coefficient (Wildman–Crippen LogP) is 4.04. The Morgan fingerprint density at radius 3 is 2.30 bits per heavy atom. The van der Waals surface area contributed by atoms with Crippen LogP contribution in [0.3, 0.4) is 0 Å². The molecule has 5 heteroatoms. The molecule has 0 amide bonds. The second kappa shape index (κ2) is 13.4. The number of hydrogen-bond donors (Lipinski definition) is 2. The molecular weight excluding hydrogens is 531 g/mol. The average Bonchev–Trinajstić information content (AvgIpc) is 3.26. The molecule has 0 unspecified atom stereocenters. The van der Waals surface area contributed by atoms with E-state index in [0.29, 0.717) is 0 Å². The average molecular weight is 567 g/mol. The Bertz CT molecular complexity index is 718. The molecule has 1 aromatic heterocycles. The van der Waals surface area contributed by atoms with E-state index in [1.165, 1.54) is 0 Å². The van der Waals surface area contributed by atoms with E-state index >= 15 is 0 Å². The molecule has 1 saturated carbocycles. The summed E-state index contributed by atoms with van der Waals surface area (Å²) in [6, 6.07) is 13.0. The van der Waals surface area contributed by atoms with Gasteiger partial charge in [0.15, 0.2) is 0 Å². The zero-order valence-electron chi connectivity index (χ0n) is 19.0. The third kappa shape index (κ3) is 7.96. The minimum absolute atomic E-state index is 0. The first kappa shape index (κ1) is 22.4. The van der Waals surface area contributed by atoms with E-state index in [9.17, 15) is 0 Å². The zero-order valence-corrected chi connectivity index (χ0v) is 20.4. The van der Waals surface area contributed by atoms with Gasteiger partial charge in [0.05, 0.1) is 8.07 Å². The normalized spacial score (nSPS) is 15.2. The molecule has 0 atom stereocenters. The smallest absolute Gasteiger partial charge is 0.0798 e. The first-order valence-electron chi connectivity index (χ1n) is 10.2. The molecule has 1 aromatic carbocycles. The maximum absolute atomic E-state index is 8.90. The van der Waals surface area contributed by atoms with Crippen LogP contribution < -0.4 is 5.19 Å². The summed E-state index contributed by atoms with van der Waals surface area (Å²) < 4.78 is 17.8. The van der Waals surface area contributed by atoms with Crippen molar-refractivity contribution in [2.75, 3.05) is 14.2 Å². The minimum Gasteiger partial charge on any atom is -0.400 e. The van der Waals surface area contributed by atoms with Gasteiger partial charge < -0.3 is 15.2 Å². The fraction of sp³-hybridized carbons (Fsp3) is 0.500. The Hall–Kier alpha value is -0.844. The number of nitrogens with zero attached hydrogens (tertiary/aromatic N) is 1. The molecule has 1 aliphatic carbocycles. The third-order valence-corrected chi connectivity index (χ3v) is 6.43. The Morgan fingerprint density at radius 2 is 1.78 bits per heavy atom. The largest absolute Gasteiger partial charge is 0.400 e. The van der Waals surface area contributed by atoms with Crippen LogP contribution in [-0.2, 0) is 26.5 Å². The van der Waals surface area contributed by atoms with Gasteiger partial charge in [-0.25, -0.2) is 0 Å². The number of aromatic nitrogens is 1. The van der Waals surface area contributed by atoms with Gasteiger partial charge in [-0.3, -0.25) is 0 Å². The van der Waals surface area contributed by atoms with Gasteiger partial charge in [0.25, 0.3) is 0 Å². The van der Waals surface area contributed by atoms with Crippen molar-refractivity contribution in [2.24, 2.45) is 5.92 Å². The third-order valence-electron chi connectivity index (χ3n) is 4.41. The Balaban J connectivity index is 0.00000148. The number of rotatable bonds is 4. The molecule has 2 N–H and O–H groups in total. The summed E-state index contributed by atoms with van der Waals surface area (Å²) in [5, 5.41) is 15.2. The minimum atomic E-state index is -1.68. The summed E-state index contributed by atoms with van der Waals surface area (Å²) in [5.41, 5.74) is 2.63. The van der Waals surface area contributed by atoms with Gasteiger partial charge in [-0.1, -0.05) is 57.0 Å². The first-order valence-corrected chi connectivity index (χ1v) is 12.7. The van der Waals surface area contributed by atoms with E-state index in [1.807, 2.05) is 36.5 Å². The van der Waals surface area contributed by atoms with Gasteiger partial charge in [-0.15, -0.1) is 35.9 Å². The molecule has 27 heavy (non-hydrogen) atoms. The number of benzene rings is 1. The van der Waals surface area contributed by atoms with Gasteiger partial charge >= 0.3 is 0 Å². The van der Waals surface area contributed by atoms with Crippen LogP contribution in [0.15, 0.2) is 36.5 Å². The van der Waals surface area contributed by atoms with Crippen molar-refractivity contribution in [1.29, 1.82) is 0 Å². The molecule has 2 aromatic rings. The van der Waals surface area contributed by atoms with Crippen LogP contribution in [0.5, 0.6) is 0 Å². The van der Waals surface area contributed by atoms with E-state index in [-0.39, 0.29) is 26.0 Å². The fourth-order valence-corrected chi connectivity index (χ4v) is 4.57. The van der Waals surface area contributed by atoms with E-state index in [1.54, 1.807) is 0 Å².